The molecule has 3 rings (SSSR count). The van der Waals surface area contributed by atoms with E-state index in [0.29, 0.717) is 6.42 Å². The first-order chi connectivity index (χ1) is 14.8. The topological polar surface area (TPSA) is 133 Å². The van der Waals surface area contributed by atoms with Crippen LogP contribution in [0.2, 0.25) is 0 Å². The van der Waals surface area contributed by atoms with E-state index in [1.807, 2.05) is 37.3 Å². The molecule has 0 spiro atoms. The number of phenols is 1. The highest BCUT2D eigenvalue weighted by atomic mass is 16.4. The minimum Gasteiger partial charge on any atom is -0.505 e. The Bertz CT molecular complexity index is 1180. The number of benzene rings is 2. The molecular formula is C23H22N2O6. The van der Waals surface area contributed by atoms with Crippen molar-refractivity contribution in [3.63, 3.8) is 0 Å². The zero-order valence-corrected chi connectivity index (χ0v) is 16.8. The Kier molecular flexibility index (Phi) is 6.49. The molecule has 0 aliphatic carbocycles. The second-order valence-electron chi connectivity index (χ2n) is 7.07. The van der Waals surface area contributed by atoms with Gasteiger partial charge in [-0.25, -0.2) is 0 Å². The van der Waals surface area contributed by atoms with Crippen LogP contribution in [0.5, 0.6) is 5.75 Å². The smallest absolute Gasteiger partial charge is 0.303 e. The van der Waals surface area contributed by atoms with Crippen LogP contribution in [0.15, 0.2) is 58.1 Å². The zero-order valence-electron chi connectivity index (χ0n) is 16.8. The highest BCUT2D eigenvalue weighted by Gasteiger charge is 2.25. The van der Waals surface area contributed by atoms with E-state index >= 15 is 0 Å². The summed E-state index contributed by atoms with van der Waals surface area (Å²) >= 11 is 0. The molecule has 0 aromatic heterocycles. The first-order valence-electron chi connectivity index (χ1n) is 9.82. The molecule has 8 nitrogen and oxygen atoms in total. The van der Waals surface area contributed by atoms with Crippen molar-refractivity contribution in [3.8, 4) is 5.75 Å². The second-order valence-corrected chi connectivity index (χ2v) is 7.07. The summed E-state index contributed by atoms with van der Waals surface area (Å²) in [5.41, 5.74) is -0.304. The number of carbonyl (C=O) groups excluding carboxylic acids is 1. The van der Waals surface area contributed by atoms with Crippen LogP contribution in [0.4, 0.5) is 17.1 Å². The molecule has 0 amide bonds. The zero-order chi connectivity index (χ0) is 22.5. The highest BCUT2D eigenvalue weighted by molar-refractivity contribution is 6.01. The van der Waals surface area contributed by atoms with Crippen molar-refractivity contribution in [2.75, 3.05) is 10.6 Å². The predicted molar refractivity (Wildman–Crippen MR) is 117 cm³/mol. The number of aromatic hydroxyl groups is 1. The lowest BCUT2D eigenvalue weighted by atomic mass is 10.0. The van der Waals surface area contributed by atoms with Crippen LogP contribution < -0.4 is 21.5 Å². The van der Waals surface area contributed by atoms with Gasteiger partial charge in [-0.15, -0.1) is 0 Å². The van der Waals surface area contributed by atoms with E-state index in [-0.39, 0.29) is 41.5 Å². The number of rotatable bonds is 10. The molecule has 1 atom stereocenters. The van der Waals surface area contributed by atoms with E-state index < -0.39 is 28.4 Å². The average molecular weight is 422 g/mol. The number of Topliss-reactive ketones (excluding diaryl/α,β-unsaturated/α-hetero) is 1. The number of anilines is 3. The van der Waals surface area contributed by atoms with E-state index in [2.05, 4.69) is 10.6 Å². The van der Waals surface area contributed by atoms with Gasteiger partial charge in [-0.1, -0.05) is 43.3 Å². The van der Waals surface area contributed by atoms with Crippen molar-refractivity contribution < 1.29 is 19.8 Å². The second kappa shape index (κ2) is 9.25. The Labute approximate surface area is 177 Å². The highest BCUT2D eigenvalue weighted by Crippen LogP contribution is 2.33. The first kappa shape index (κ1) is 21.8. The Morgan fingerprint density at radius 3 is 2.26 bits per heavy atom. The van der Waals surface area contributed by atoms with Crippen LogP contribution in [0.25, 0.3) is 0 Å². The number of aliphatic carboxylic acids is 1. The summed E-state index contributed by atoms with van der Waals surface area (Å²) in [6, 6.07) is 13.6. The van der Waals surface area contributed by atoms with E-state index in [1.54, 1.807) is 0 Å². The molecule has 3 aromatic rings. The Hall–Kier alpha value is -3.94. The fourth-order valence-electron chi connectivity index (χ4n) is 3.29. The Morgan fingerprint density at radius 1 is 0.935 bits per heavy atom. The number of ketones is 1. The maximum Gasteiger partial charge on any atom is 0.303 e. The average Bonchev–Trinajstić information content (AvgIpc) is 2.78. The van der Waals surface area contributed by atoms with Gasteiger partial charge < -0.3 is 20.8 Å². The monoisotopic (exact) mass is 422 g/mol. The van der Waals surface area contributed by atoms with Crippen LogP contribution in [-0.4, -0.2) is 22.0 Å². The number of carbonyl (C=O) groups is 2. The third-order valence-corrected chi connectivity index (χ3v) is 5.00. The summed E-state index contributed by atoms with van der Waals surface area (Å²) in [6.45, 7) is 1.95. The van der Waals surface area contributed by atoms with Gasteiger partial charge in [-0.05, 0) is 24.1 Å². The van der Waals surface area contributed by atoms with E-state index in [4.69, 9.17) is 5.11 Å². The van der Waals surface area contributed by atoms with Gasteiger partial charge in [0.2, 0.25) is 0 Å². The van der Waals surface area contributed by atoms with Gasteiger partial charge in [0.05, 0.1) is 23.7 Å². The molecule has 0 heterocycles. The summed E-state index contributed by atoms with van der Waals surface area (Å²) in [4.78, 5) is 47.2. The minimum atomic E-state index is -1.12. The van der Waals surface area contributed by atoms with E-state index in [9.17, 15) is 24.3 Å². The van der Waals surface area contributed by atoms with Gasteiger partial charge >= 0.3 is 5.97 Å². The van der Waals surface area contributed by atoms with Crippen molar-refractivity contribution >= 4 is 28.8 Å². The minimum absolute atomic E-state index is 0.00446. The predicted octanol–water partition coefficient (Wildman–Crippen LogP) is 3.34. The van der Waals surface area contributed by atoms with Crippen molar-refractivity contribution in [2.45, 2.75) is 32.2 Å². The number of hydrogen-bond donors (Lipinski definition) is 4. The maximum atomic E-state index is 12.2. The molecule has 0 saturated carbocycles. The lowest BCUT2D eigenvalue weighted by Gasteiger charge is -2.22. The third-order valence-electron chi connectivity index (χ3n) is 5.00. The Balaban J connectivity index is 1.85. The molecule has 0 aliphatic heterocycles. The normalized spacial score (nSPS) is 11.8. The van der Waals surface area contributed by atoms with Crippen LogP contribution in [0, 0.1) is 0 Å². The molecule has 160 valence electrons. The summed E-state index contributed by atoms with van der Waals surface area (Å²) in [6.07, 6.45) is 0.0373. The molecule has 4 N–H and O–H groups in total. The quantitative estimate of drug-likeness (QED) is 0.222. The van der Waals surface area contributed by atoms with E-state index in [0.717, 1.165) is 5.56 Å². The van der Waals surface area contributed by atoms with Gasteiger partial charge in [0, 0.05) is 6.42 Å². The first-order valence-corrected chi connectivity index (χ1v) is 9.82. The Morgan fingerprint density at radius 2 is 1.61 bits per heavy atom. The summed E-state index contributed by atoms with van der Waals surface area (Å²) < 4.78 is 0. The number of carboxylic acids is 1. The number of hydrogen-bond acceptors (Lipinski definition) is 7. The molecule has 0 unspecified atom stereocenters. The lowest BCUT2D eigenvalue weighted by molar-refractivity contribution is -0.136. The fraction of sp³-hybridized carbons (Fsp3) is 0.217. The summed E-state index contributed by atoms with van der Waals surface area (Å²) in [7, 11) is 0. The number of para-hydroxylation sites is 1. The van der Waals surface area contributed by atoms with Gasteiger partial charge in [0.15, 0.2) is 5.78 Å². The molecule has 31 heavy (non-hydrogen) atoms. The van der Waals surface area contributed by atoms with Crippen molar-refractivity contribution in [1.29, 1.82) is 0 Å². The summed E-state index contributed by atoms with van der Waals surface area (Å²) in [5, 5.41) is 25.0. The maximum absolute atomic E-state index is 12.2. The molecule has 0 fully saturated rings. The molecule has 3 aromatic carbocycles. The van der Waals surface area contributed by atoms with Crippen molar-refractivity contribution in [2.24, 2.45) is 0 Å². The van der Waals surface area contributed by atoms with Crippen LogP contribution in [0.1, 0.15) is 48.1 Å². The van der Waals surface area contributed by atoms with Gasteiger partial charge in [-0.2, -0.15) is 0 Å². The molecular weight excluding hydrogens is 400 g/mol. The standard InChI is InChI=1S/C23H22N2O6/c1-2-15(13-7-4-3-5-8-13)24-19-20(23(31)22(19)30)25-16-10-6-9-14(21(16)29)17(26)11-12-18(27)28/h3-10,15,24-25,29H,2,11-12H2,1H3,(H,27,28)/t15-/m1/s1. The van der Waals surface area contributed by atoms with Crippen LogP contribution in [-0.2, 0) is 4.79 Å². The van der Waals surface area contributed by atoms with Crippen molar-refractivity contribution in [1.82, 2.24) is 0 Å². The largest absolute Gasteiger partial charge is 0.505 e. The summed E-state index contributed by atoms with van der Waals surface area (Å²) in [5.74, 6) is -2.07. The molecule has 0 aliphatic rings. The third kappa shape index (κ3) is 4.63. The molecule has 0 saturated heterocycles. The lowest BCUT2D eigenvalue weighted by Crippen LogP contribution is -2.37. The van der Waals surface area contributed by atoms with Gasteiger partial charge in [-0.3, -0.25) is 19.2 Å². The van der Waals surface area contributed by atoms with Gasteiger partial charge in [0.25, 0.3) is 10.9 Å². The number of carboxylic acid groups (broad SMARTS) is 1. The SMILES string of the molecule is CC[C@@H](Nc1c(Nc2cccc(C(=O)CCC(=O)O)c2O)c(=O)c1=O)c1ccccc1. The van der Waals surface area contributed by atoms with E-state index in [1.165, 1.54) is 18.2 Å². The molecule has 8 heteroatoms. The fourth-order valence-corrected chi connectivity index (χ4v) is 3.29. The van der Waals surface area contributed by atoms with Crippen LogP contribution in [0.3, 0.4) is 0 Å². The number of nitrogens with one attached hydrogen (secondary N) is 2. The van der Waals surface area contributed by atoms with Crippen molar-refractivity contribution in [3.05, 3.63) is 80.1 Å². The number of phenolic OH excluding ortho intramolecular Hbond substituents is 1. The van der Waals surface area contributed by atoms with Gasteiger partial charge in [0.1, 0.15) is 17.1 Å². The molecule has 0 bridgehead atoms. The molecule has 0 radical (unpaired) electrons. The van der Waals surface area contributed by atoms with Crippen LogP contribution >= 0.6 is 0 Å².